The average molecular weight is 467 g/mol. The van der Waals surface area contributed by atoms with E-state index in [0.717, 1.165) is 24.8 Å². The Labute approximate surface area is 196 Å². The second-order valence-electron chi connectivity index (χ2n) is 8.20. The minimum atomic E-state index is -0.230. The van der Waals surface area contributed by atoms with Crippen LogP contribution in [0.1, 0.15) is 50.9 Å². The van der Waals surface area contributed by atoms with E-state index in [4.69, 9.17) is 0 Å². The maximum atomic E-state index is 13.1. The molecule has 2 atom stereocenters. The molecule has 3 aromatic rings. The summed E-state index contributed by atoms with van der Waals surface area (Å²) in [7, 11) is 1.80. The minimum Gasteiger partial charge on any atom is -0.342 e. The molecule has 1 fully saturated rings. The molecule has 0 bridgehead atoms. The van der Waals surface area contributed by atoms with Crippen LogP contribution >= 0.6 is 11.3 Å². The number of thiophene rings is 1. The summed E-state index contributed by atoms with van der Waals surface area (Å²) in [5.41, 5.74) is 8.89. The third-order valence-corrected chi connectivity index (χ3v) is 6.65. The fourth-order valence-electron chi connectivity index (χ4n) is 3.92. The quantitative estimate of drug-likeness (QED) is 0.454. The zero-order valence-electron chi connectivity index (χ0n) is 18.4. The molecule has 2 amide bonds. The lowest BCUT2D eigenvalue weighted by molar-refractivity contribution is 0.0791. The van der Waals surface area contributed by atoms with Crippen LogP contribution in [0.5, 0.6) is 0 Å². The van der Waals surface area contributed by atoms with Gasteiger partial charge in [-0.15, -0.1) is 11.3 Å². The highest BCUT2D eigenvalue weighted by molar-refractivity contribution is 7.12. The van der Waals surface area contributed by atoms with Gasteiger partial charge in [-0.25, -0.2) is 4.39 Å². The van der Waals surface area contributed by atoms with E-state index in [2.05, 4.69) is 16.2 Å². The first kappa shape index (κ1) is 23.1. The summed E-state index contributed by atoms with van der Waals surface area (Å²) in [5, 5.41) is 4.70. The molecule has 1 aliphatic heterocycles. The van der Waals surface area contributed by atoms with Crippen LogP contribution in [0.4, 0.5) is 10.1 Å². The molecule has 2 aromatic carbocycles. The Morgan fingerprint density at radius 1 is 1.09 bits per heavy atom. The highest BCUT2D eigenvalue weighted by Gasteiger charge is 2.24. The Morgan fingerprint density at radius 2 is 1.85 bits per heavy atom. The molecule has 33 heavy (non-hydrogen) atoms. The topological polar surface area (TPSA) is 73.5 Å². The number of halogens is 1. The lowest BCUT2D eigenvalue weighted by Crippen LogP contribution is -2.32. The van der Waals surface area contributed by atoms with E-state index >= 15 is 0 Å². The van der Waals surface area contributed by atoms with Gasteiger partial charge >= 0.3 is 0 Å². The van der Waals surface area contributed by atoms with E-state index in [1.807, 2.05) is 23.6 Å². The molecule has 0 spiro atoms. The van der Waals surface area contributed by atoms with Crippen molar-refractivity contribution in [1.82, 2.24) is 15.8 Å². The maximum absolute atomic E-state index is 13.1. The van der Waals surface area contributed by atoms with E-state index in [0.29, 0.717) is 28.7 Å². The van der Waals surface area contributed by atoms with Crippen LogP contribution in [0, 0.1) is 5.82 Å². The van der Waals surface area contributed by atoms with Crippen LogP contribution in [0.3, 0.4) is 0 Å². The Hall–Kier alpha value is -3.07. The van der Waals surface area contributed by atoms with E-state index in [9.17, 15) is 14.0 Å². The van der Waals surface area contributed by atoms with E-state index in [1.54, 1.807) is 42.3 Å². The van der Waals surface area contributed by atoms with Crippen LogP contribution in [0.25, 0.3) is 0 Å². The Kier molecular flexibility index (Phi) is 7.49. The first-order valence-corrected chi connectivity index (χ1v) is 11.8. The third kappa shape index (κ3) is 6.04. The summed E-state index contributed by atoms with van der Waals surface area (Å²) >= 11 is 1.38. The smallest absolute Gasteiger partial charge is 0.265 e. The van der Waals surface area contributed by atoms with Crippen molar-refractivity contribution in [1.29, 1.82) is 0 Å². The summed E-state index contributed by atoms with van der Waals surface area (Å²) in [6.45, 7) is 0.648. The van der Waals surface area contributed by atoms with Crippen molar-refractivity contribution in [2.75, 3.05) is 18.9 Å². The number of nitrogens with zero attached hydrogens (tertiary/aromatic N) is 1. The molecule has 2 unspecified atom stereocenters. The van der Waals surface area contributed by atoms with Gasteiger partial charge in [-0.3, -0.25) is 20.4 Å². The van der Waals surface area contributed by atoms with Gasteiger partial charge in [-0.2, -0.15) is 0 Å². The van der Waals surface area contributed by atoms with Crippen LogP contribution in [-0.4, -0.2) is 36.3 Å². The van der Waals surface area contributed by atoms with E-state index in [-0.39, 0.29) is 23.7 Å². The molecule has 1 aliphatic rings. The van der Waals surface area contributed by atoms with Crippen molar-refractivity contribution in [2.24, 2.45) is 0 Å². The molecule has 0 saturated carbocycles. The standard InChI is InChI=1S/C25H27FN4O2S/c1-30(14-2-4-21-16-22(29-28-21)17-6-10-19(26)11-7-17)25(32)18-8-12-20(13-9-18)27-24(31)23-5-3-15-33-23/h3,5-13,15,21-22,28-29H,2,4,14,16H2,1H3,(H,27,31). The van der Waals surface area contributed by atoms with Crippen LogP contribution < -0.4 is 16.2 Å². The largest absolute Gasteiger partial charge is 0.342 e. The molecule has 6 nitrogen and oxygen atoms in total. The number of hydrogen-bond acceptors (Lipinski definition) is 5. The summed E-state index contributed by atoms with van der Waals surface area (Å²) in [6.07, 6.45) is 2.71. The number of nitrogens with one attached hydrogen (secondary N) is 3. The Balaban J connectivity index is 1.21. The molecule has 3 N–H and O–H groups in total. The second kappa shape index (κ2) is 10.7. The van der Waals surface area contributed by atoms with Gasteiger partial charge in [0.25, 0.3) is 11.8 Å². The van der Waals surface area contributed by atoms with E-state index in [1.165, 1.54) is 23.5 Å². The number of carbonyl (C=O) groups is 2. The molecule has 1 saturated heterocycles. The van der Waals surface area contributed by atoms with Crippen LogP contribution in [0.2, 0.25) is 0 Å². The SMILES string of the molecule is CN(CCCC1CC(c2ccc(F)cc2)NN1)C(=O)c1ccc(NC(=O)c2cccs2)cc1. The van der Waals surface area contributed by atoms with Gasteiger partial charge in [0.2, 0.25) is 0 Å². The van der Waals surface area contributed by atoms with Crippen molar-refractivity contribution >= 4 is 28.8 Å². The molecular formula is C25H27FN4O2S. The Bertz CT molecular complexity index is 1070. The van der Waals surface area contributed by atoms with Gasteiger partial charge in [0.1, 0.15) is 5.82 Å². The summed E-state index contributed by atoms with van der Waals surface area (Å²) in [4.78, 5) is 27.2. The molecule has 2 heterocycles. The molecule has 1 aromatic heterocycles. The van der Waals surface area contributed by atoms with Crippen molar-refractivity contribution < 1.29 is 14.0 Å². The Morgan fingerprint density at radius 3 is 2.55 bits per heavy atom. The zero-order valence-corrected chi connectivity index (χ0v) is 19.2. The lowest BCUT2D eigenvalue weighted by Gasteiger charge is -2.18. The molecule has 8 heteroatoms. The second-order valence-corrected chi connectivity index (χ2v) is 9.15. The first-order chi connectivity index (χ1) is 16.0. The fourth-order valence-corrected chi connectivity index (χ4v) is 4.54. The number of benzene rings is 2. The van der Waals surface area contributed by atoms with Gasteiger partial charge in [-0.05, 0) is 72.7 Å². The van der Waals surface area contributed by atoms with Gasteiger partial charge in [0.05, 0.1) is 4.88 Å². The number of hydrazine groups is 1. The lowest BCUT2D eigenvalue weighted by atomic mass is 9.99. The van der Waals surface area contributed by atoms with Crippen molar-refractivity contribution in [3.05, 3.63) is 87.9 Å². The third-order valence-electron chi connectivity index (χ3n) is 5.78. The molecule has 4 rings (SSSR count). The number of hydrogen-bond donors (Lipinski definition) is 3. The highest BCUT2D eigenvalue weighted by Crippen LogP contribution is 2.24. The van der Waals surface area contributed by atoms with Gasteiger partial charge in [-0.1, -0.05) is 18.2 Å². The number of rotatable bonds is 8. The van der Waals surface area contributed by atoms with Crippen molar-refractivity contribution in [3.8, 4) is 0 Å². The first-order valence-electron chi connectivity index (χ1n) is 11.0. The van der Waals surface area contributed by atoms with Gasteiger partial charge in [0.15, 0.2) is 0 Å². The number of amides is 2. The van der Waals surface area contributed by atoms with Gasteiger partial charge < -0.3 is 10.2 Å². The normalized spacial score (nSPS) is 17.6. The van der Waals surface area contributed by atoms with Gasteiger partial charge in [0, 0.05) is 36.9 Å². The average Bonchev–Trinajstić information content (AvgIpc) is 3.52. The molecule has 0 aliphatic carbocycles. The summed E-state index contributed by atoms with van der Waals surface area (Å²) in [5.74, 6) is -0.433. The number of carbonyl (C=O) groups excluding carboxylic acids is 2. The monoisotopic (exact) mass is 466 g/mol. The van der Waals surface area contributed by atoms with E-state index < -0.39 is 0 Å². The summed E-state index contributed by atoms with van der Waals surface area (Å²) < 4.78 is 13.1. The predicted molar refractivity (Wildman–Crippen MR) is 129 cm³/mol. The maximum Gasteiger partial charge on any atom is 0.265 e. The summed E-state index contributed by atoms with van der Waals surface area (Å²) in [6, 6.07) is 17.6. The van der Waals surface area contributed by atoms with Crippen molar-refractivity contribution in [2.45, 2.75) is 31.3 Å². The molecular weight excluding hydrogens is 439 g/mol. The number of anilines is 1. The van der Waals surface area contributed by atoms with Crippen LogP contribution in [-0.2, 0) is 0 Å². The zero-order chi connectivity index (χ0) is 23.2. The molecule has 0 radical (unpaired) electrons. The fraction of sp³-hybridized carbons (Fsp3) is 0.280. The predicted octanol–water partition coefficient (Wildman–Crippen LogP) is 4.60. The minimum absolute atomic E-state index is 0.0483. The van der Waals surface area contributed by atoms with Crippen molar-refractivity contribution in [3.63, 3.8) is 0 Å². The highest BCUT2D eigenvalue weighted by atomic mass is 32.1. The van der Waals surface area contributed by atoms with Crippen LogP contribution in [0.15, 0.2) is 66.0 Å². The molecule has 172 valence electrons.